The normalized spacial score (nSPS) is 9.81. The summed E-state index contributed by atoms with van der Waals surface area (Å²) in [6, 6.07) is 8.56. The molecule has 0 fully saturated rings. The highest BCUT2D eigenvalue weighted by atomic mass is 16.5. The third kappa shape index (κ3) is 2.06. The van der Waals surface area contributed by atoms with Gasteiger partial charge >= 0.3 is 0 Å². The monoisotopic (exact) mass is 214 g/mol. The average Bonchev–Trinajstić information content (AvgIpc) is 2.39. The highest BCUT2D eigenvalue weighted by molar-refractivity contribution is 6.07. The summed E-state index contributed by atoms with van der Waals surface area (Å²) in [5, 5.41) is 0. The van der Waals surface area contributed by atoms with Gasteiger partial charge in [0, 0.05) is 11.8 Å². The maximum Gasteiger partial charge on any atom is 0.211 e. The van der Waals surface area contributed by atoms with Crippen LogP contribution in [0.3, 0.4) is 0 Å². The van der Waals surface area contributed by atoms with E-state index in [1.54, 1.807) is 43.6 Å². The van der Waals surface area contributed by atoms with Crippen molar-refractivity contribution in [2.24, 2.45) is 0 Å². The van der Waals surface area contributed by atoms with E-state index in [4.69, 9.17) is 4.74 Å². The zero-order valence-electron chi connectivity index (χ0n) is 8.75. The molecule has 0 aliphatic carbocycles. The summed E-state index contributed by atoms with van der Waals surface area (Å²) in [6.07, 6.45) is 2.90. The molecule has 0 atom stereocenters. The summed E-state index contributed by atoms with van der Waals surface area (Å²) in [4.78, 5) is 19.6. The molecule has 0 radical (unpaired) electrons. The molecule has 0 aliphatic heterocycles. The van der Waals surface area contributed by atoms with Crippen LogP contribution in [0.1, 0.15) is 16.1 Å². The van der Waals surface area contributed by atoms with Gasteiger partial charge in [-0.05, 0) is 18.2 Å². The number of methoxy groups -OCH3 is 1. The fourth-order valence-electron chi connectivity index (χ4n) is 1.34. The standard InChI is InChI=1S/C12H10N2O2/c1-16-10-4-2-3-9(7-10)12(15)11-5-6-13-8-14-11/h2-8H,1H3. The van der Waals surface area contributed by atoms with Crippen LogP contribution in [-0.4, -0.2) is 22.9 Å². The van der Waals surface area contributed by atoms with E-state index < -0.39 is 0 Å². The van der Waals surface area contributed by atoms with Gasteiger partial charge in [-0.1, -0.05) is 12.1 Å². The van der Waals surface area contributed by atoms with Crippen LogP contribution in [0.15, 0.2) is 42.9 Å². The quantitative estimate of drug-likeness (QED) is 0.730. The zero-order chi connectivity index (χ0) is 11.4. The molecule has 0 N–H and O–H groups in total. The smallest absolute Gasteiger partial charge is 0.211 e. The van der Waals surface area contributed by atoms with E-state index in [-0.39, 0.29) is 5.78 Å². The van der Waals surface area contributed by atoms with E-state index in [2.05, 4.69) is 9.97 Å². The van der Waals surface area contributed by atoms with Gasteiger partial charge in [0.1, 0.15) is 17.8 Å². The number of nitrogens with zero attached hydrogens (tertiary/aromatic N) is 2. The van der Waals surface area contributed by atoms with Crippen molar-refractivity contribution < 1.29 is 9.53 Å². The number of ether oxygens (including phenoxy) is 1. The molecule has 4 nitrogen and oxygen atoms in total. The highest BCUT2D eigenvalue weighted by Crippen LogP contribution is 2.14. The first-order valence-electron chi connectivity index (χ1n) is 4.76. The Morgan fingerprint density at radius 2 is 2.19 bits per heavy atom. The van der Waals surface area contributed by atoms with Crippen molar-refractivity contribution in [3.8, 4) is 5.75 Å². The fourth-order valence-corrected chi connectivity index (χ4v) is 1.34. The number of ketones is 1. The van der Waals surface area contributed by atoms with Crippen LogP contribution in [-0.2, 0) is 0 Å². The minimum Gasteiger partial charge on any atom is -0.497 e. The number of aromatic nitrogens is 2. The number of carbonyl (C=O) groups is 1. The molecule has 0 spiro atoms. The van der Waals surface area contributed by atoms with Crippen LogP contribution in [0, 0.1) is 0 Å². The first-order chi connectivity index (χ1) is 7.81. The van der Waals surface area contributed by atoms with Gasteiger partial charge in [-0.25, -0.2) is 9.97 Å². The Morgan fingerprint density at radius 1 is 1.31 bits per heavy atom. The van der Waals surface area contributed by atoms with E-state index in [1.165, 1.54) is 6.33 Å². The second-order valence-corrected chi connectivity index (χ2v) is 3.16. The maximum absolute atomic E-state index is 12.0. The minimum absolute atomic E-state index is 0.138. The van der Waals surface area contributed by atoms with Gasteiger partial charge < -0.3 is 4.74 Å². The SMILES string of the molecule is COc1cccc(C(=O)c2ccncn2)c1. The molecule has 2 aromatic rings. The average molecular weight is 214 g/mol. The van der Waals surface area contributed by atoms with E-state index in [0.717, 1.165) is 0 Å². The number of hydrogen-bond donors (Lipinski definition) is 0. The molecule has 80 valence electrons. The van der Waals surface area contributed by atoms with Gasteiger partial charge in [0.25, 0.3) is 0 Å². The molecule has 4 heteroatoms. The topological polar surface area (TPSA) is 52.1 Å². The predicted octanol–water partition coefficient (Wildman–Crippen LogP) is 1.72. The van der Waals surface area contributed by atoms with Crippen LogP contribution in [0.5, 0.6) is 5.75 Å². The summed E-state index contributed by atoms with van der Waals surface area (Å²) >= 11 is 0. The Kier molecular flexibility index (Phi) is 2.91. The molecule has 1 aromatic carbocycles. The molecule has 16 heavy (non-hydrogen) atoms. The third-order valence-electron chi connectivity index (χ3n) is 2.15. The van der Waals surface area contributed by atoms with E-state index in [1.807, 2.05) is 0 Å². The number of hydrogen-bond acceptors (Lipinski definition) is 4. The van der Waals surface area contributed by atoms with Crippen LogP contribution in [0.4, 0.5) is 0 Å². The molecular formula is C12H10N2O2. The van der Waals surface area contributed by atoms with E-state index >= 15 is 0 Å². The van der Waals surface area contributed by atoms with Crippen LogP contribution >= 0.6 is 0 Å². The third-order valence-corrected chi connectivity index (χ3v) is 2.15. The molecule has 1 heterocycles. The molecule has 0 saturated heterocycles. The Bertz CT molecular complexity index is 497. The van der Waals surface area contributed by atoms with Gasteiger partial charge in [0.2, 0.25) is 5.78 Å². The second kappa shape index (κ2) is 4.53. The lowest BCUT2D eigenvalue weighted by Crippen LogP contribution is -2.04. The molecule has 0 unspecified atom stereocenters. The van der Waals surface area contributed by atoms with Crippen molar-refractivity contribution in [3.05, 3.63) is 54.1 Å². The lowest BCUT2D eigenvalue weighted by atomic mass is 10.1. The Hall–Kier alpha value is -2.23. The van der Waals surface area contributed by atoms with Gasteiger partial charge in [0.05, 0.1) is 7.11 Å². The number of rotatable bonds is 3. The maximum atomic E-state index is 12.0. The van der Waals surface area contributed by atoms with Crippen molar-refractivity contribution in [2.45, 2.75) is 0 Å². The first-order valence-corrected chi connectivity index (χ1v) is 4.76. The van der Waals surface area contributed by atoms with E-state index in [9.17, 15) is 4.79 Å². The predicted molar refractivity (Wildman–Crippen MR) is 58.5 cm³/mol. The van der Waals surface area contributed by atoms with Crippen molar-refractivity contribution >= 4 is 5.78 Å². The Labute approximate surface area is 92.9 Å². The lowest BCUT2D eigenvalue weighted by molar-refractivity contribution is 0.103. The highest BCUT2D eigenvalue weighted by Gasteiger charge is 2.10. The van der Waals surface area contributed by atoms with Crippen LogP contribution < -0.4 is 4.74 Å². The second-order valence-electron chi connectivity index (χ2n) is 3.16. The van der Waals surface area contributed by atoms with Crippen molar-refractivity contribution in [2.75, 3.05) is 7.11 Å². The van der Waals surface area contributed by atoms with Crippen LogP contribution in [0.2, 0.25) is 0 Å². The fraction of sp³-hybridized carbons (Fsp3) is 0.0833. The summed E-state index contributed by atoms with van der Waals surface area (Å²) in [7, 11) is 1.56. The summed E-state index contributed by atoms with van der Waals surface area (Å²) in [6.45, 7) is 0. The van der Waals surface area contributed by atoms with Crippen molar-refractivity contribution in [1.29, 1.82) is 0 Å². The molecule has 0 aliphatic rings. The summed E-state index contributed by atoms with van der Waals surface area (Å²) in [5.41, 5.74) is 0.932. The zero-order valence-corrected chi connectivity index (χ0v) is 8.75. The number of benzene rings is 1. The van der Waals surface area contributed by atoms with Crippen LogP contribution in [0.25, 0.3) is 0 Å². The van der Waals surface area contributed by atoms with Gasteiger partial charge in [-0.2, -0.15) is 0 Å². The lowest BCUT2D eigenvalue weighted by Gasteiger charge is -2.02. The first kappa shape index (κ1) is 10.3. The molecular weight excluding hydrogens is 204 g/mol. The van der Waals surface area contributed by atoms with Gasteiger partial charge in [-0.15, -0.1) is 0 Å². The summed E-state index contributed by atoms with van der Waals surface area (Å²) in [5.74, 6) is 0.515. The van der Waals surface area contributed by atoms with Crippen molar-refractivity contribution in [3.63, 3.8) is 0 Å². The molecule has 0 bridgehead atoms. The Morgan fingerprint density at radius 3 is 2.88 bits per heavy atom. The Balaban J connectivity index is 2.34. The molecule has 0 saturated carbocycles. The van der Waals surface area contributed by atoms with Gasteiger partial charge in [-0.3, -0.25) is 4.79 Å². The largest absolute Gasteiger partial charge is 0.497 e. The molecule has 2 rings (SSSR count). The minimum atomic E-state index is -0.138. The molecule has 0 amide bonds. The summed E-state index contributed by atoms with van der Waals surface area (Å²) < 4.78 is 5.06. The molecule has 1 aromatic heterocycles. The van der Waals surface area contributed by atoms with Crippen molar-refractivity contribution in [1.82, 2.24) is 9.97 Å². The number of carbonyl (C=O) groups excluding carboxylic acids is 1. The van der Waals surface area contributed by atoms with E-state index in [0.29, 0.717) is 17.0 Å². The van der Waals surface area contributed by atoms with Gasteiger partial charge in [0.15, 0.2) is 0 Å².